The molecule has 0 aromatic heterocycles. The zero-order valence-electron chi connectivity index (χ0n) is 10.7. The first-order chi connectivity index (χ1) is 9.58. The Hall–Kier alpha value is -1.50. The molecule has 0 radical (unpaired) electrons. The molecule has 3 N–H and O–H groups in total. The van der Waals surface area contributed by atoms with Crippen molar-refractivity contribution in [1.82, 2.24) is 5.43 Å². The van der Waals surface area contributed by atoms with Crippen LogP contribution in [0.4, 0.5) is 8.78 Å². The molecule has 0 aliphatic heterocycles. The molecule has 2 aromatic rings. The molecule has 6 heteroatoms. The number of hydrazine groups is 1. The highest BCUT2D eigenvalue weighted by Gasteiger charge is 2.19. The lowest BCUT2D eigenvalue weighted by atomic mass is 9.98. The predicted octanol–water partition coefficient (Wildman–Crippen LogP) is 3.29. The van der Waals surface area contributed by atoms with Crippen LogP contribution in [-0.2, 0) is 0 Å². The smallest absolute Gasteiger partial charge is 0.165 e. The quantitative estimate of drug-likeness (QED) is 0.662. The number of hydrogen-bond donors (Lipinski definition) is 2. The number of ether oxygens (including phenoxy) is 1. The molecule has 20 heavy (non-hydrogen) atoms. The molecular weight excluding hydrogens is 330 g/mol. The normalized spacial score (nSPS) is 12.2. The van der Waals surface area contributed by atoms with E-state index in [-0.39, 0.29) is 5.75 Å². The van der Waals surface area contributed by atoms with Crippen molar-refractivity contribution in [2.24, 2.45) is 5.84 Å². The lowest BCUT2D eigenvalue weighted by molar-refractivity contribution is 0.385. The fraction of sp³-hybridized carbons (Fsp3) is 0.143. The summed E-state index contributed by atoms with van der Waals surface area (Å²) < 4.78 is 33.0. The number of methoxy groups -OCH3 is 1. The summed E-state index contributed by atoms with van der Waals surface area (Å²) in [6, 6.07) is 8.58. The molecule has 0 aliphatic carbocycles. The molecule has 106 valence electrons. The van der Waals surface area contributed by atoms with Crippen molar-refractivity contribution in [3.63, 3.8) is 0 Å². The van der Waals surface area contributed by atoms with Crippen LogP contribution in [0.5, 0.6) is 5.75 Å². The van der Waals surface area contributed by atoms with Gasteiger partial charge in [0.05, 0.1) is 17.6 Å². The molecule has 0 aliphatic rings. The number of rotatable bonds is 4. The van der Waals surface area contributed by atoms with Crippen molar-refractivity contribution in [3.05, 3.63) is 63.6 Å². The van der Waals surface area contributed by atoms with Gasteiger partial charge in [0.25, 0.3) is 0 Å². The van der Waals surface area contributed by atoms with Gasteiger partial charge in [0.15, 0.2) is 11.6 Å². The standard InChI is InChI=1S/C14H13BrF2N2O/c1-20-12-6-5-8(7-11(12)16)14(19-18)9-3-2-4-10(15)13(9)17/h2-7,14,19H,18H2,1H3. The summed E-state index contributed by atoms with van der Waals surface area (Å²) in [4.78, 5) is 0. The van der Waals surface area contributed by atoms with Crippen molar-refractivity contribution in [1.29, 1.82) is 0 Å². The number of nitrogens with one attached hydrogen (secondary N) is 1. The zero-order chi connectivity index (χ0) is 14.7. The predicted molar refractivity (Wildman–Crippen MR) is 76.2 cm³/mol. The Morgan fingerprint density at radius 3 is 2.60 bits per heavy atom. The minimum Gasteiger partial charge on any atom is -0.494 e. The van der Waals surface area contributed by atoms with Crippen LogP contribution < -0.4 is 16.0 Å². The third-order valence-electron chi connectivity index (χ3n) is 2.97. The topological polar surface area (TPSA) is 47.3 Å². The van der Waals surface area contributed by atoms with Crippen LogP contribution in [0.3, 0.4) is 0 Å². The number of benzene rings is 2. The molecule has 0 amide bonds. The Labute approximate surface area is 123 Å². The molecule has 2 aromatic carbocycles. The molecule has 0 saturated carbocycles. The summed E-state index contributed by atoms with van der Waals surface area (Å²) in [5.74, 6) is 4.65. The zero-order valence-corrected chi connectivity index (χ0v) is 12.2. The Morgan fingerprint density at radius 2 is 2.00 bits per heavy atom. The van der Waals surface area contributed by atoms with E-state index in [0.717, 1.165) is 0 Å². The van der Waals surface area contributed by atoms with Crippen molar-refractivity contribution in [2.75, 3.05) is 7.11 Å². The van der Waals surface area contributed by atoms with Gasteiger partial charge in [0, 0.05) is 5.56 Å². The van der Waals surface area contributed by atoms with Gasteiger partial charge >= 0.3 is 0 Å². The van der Waals surface area contributed by atoms with E-state index in [1.807, 2.05) is 0 Å². The Kier molecular flexibility index (Phi) is 4.69. The maximum atomic E-state index is 14.1. The Morgan fingerprint density at radius 1 is 1.25 bits per heavy atom. The maximum absolute atomic E-state index is 14.1. The van der Waals surface area contributed by atoms with E-state index < -0.39 is 17.7 Å². The maximum Gasteiger partial charge on any atom is 0.165 e. The fourth-order valence-corrected chi connectivity index (χ4v) is 2.35. The first-order valence-electron chi connectivity index (χ1n) is 5.82. The summed E-state index contributed by atoms with van der Waals surface area (Å²) in [6.45, 7) is 0. The van der Waals surface area contributed by atoms with Crippen LogP contribution in [0.2, 0.25) is 0 Å². The van der Waals surface area contributed by atoms with Crippen LogP contribution in [0, 0.1) is 11.6 Å². The van der Waals surface area contributed by atoms with E-state index in [2.05, 4.69) is 21.4 Å². The Bertz CT molecular complexity index is 622. The molecule has 3 nitrogen and oxygen atoms in total. The number of nitrogens with two attached hydrogens (primary N) is 1. The molecule has 0 spiro atoms. The minimum absolute atomic E-state index is 0.124. The van der Waals surface area contributed by atoms with Crippen LogP contribution in [-0.4, -0.2) is 7.11 Å². The molecular formula is C14H13BrF2N2O. The van der Waals surface area contributed by atoms with Gasteiger partial charge in [-0.25, -0.2) is 14.2 Å². The summed E-state index contributed by atoms with van der Waals surface area (Å²) in [5, 5.41) is 0. The van der Waals surface area contributed by atoms with Gasteiger partial charge in [-0.15, -0.1) is 0 Å². The second-order valence-electron chi connectivity index (χ2n) is 4.14. The number of hydrogen-bond acceptors (Lipinski definition) is 3. The van der Waals surface area contributed by atoms with Crippen molar-refractivity contribution in [3.8, 4) is 5.75 Å². The summed E-state index contributed by atoms with van der Waals surface area (Å²) in [5.41, 5.74) is 3.33. The monoisotopic (exact) mass is 342 g/mol. The lowest BCUT2D eigenvalue weighted by Gasteiger charge is -2.18. The average Bonchev–Trinajstić information content (AvgIpc) is 2.44. The molecule has 0 saturated heterocycles. The average molecular weight is 343 g/mol. The van der Waals surface area contributed by atoms with E-state index in [1.54, 1.807) is 24.3 Å². The molecule has 1 atom stereocenters. The number of halogens is 3. The highest BCUT2D eigenvalue weighted by molar-refractivity contribution is 9.10. The Balaban J connectivity index is 2.47. The van der Waals surface area contributed by atoms with Crippen molar-refractivity contribution in [2.45, 2.75) is 6.04 Å². The van der Waals surface area contributed by atoms with Gasteiger partial charge in [0.1, 0.15) is 5.82 Å². The highest BCUT2D eigenvalue weighted by Crippen LogP contribution is 2.29. The van der Waals surface area contributed by atoms with Gasteiger partial charge in [-0.05, 0) is 39.7 Å². The van der Waals surface area contributed by atoms with E-state index >= 15 is 0 Å². The largest absolute Gasteiger partial charge is 0.494 e. The summed E-state index contributed by atoms with van der Waals surface area (Å²) >= 11 is 3.12. The highest BCUT2D eigenvalue weighted by atomic mass is 79.9. The summed E-state index contributed by atoms with van der Waals surface area (Å²) in [7, 11) is 1.38. The van der Waals surface area contributed by atoms with Gasteiger partial charge < -0.3 is 4.74 Å². The van der Waals surface area contributed by atoms with Crippen LogP contribution in [0.15, 0.2) is 40.9 Å². The second-order valence-corrected chi connectivity index (χ2v) is 4.99. The van der Waals surface area contributed by atoms with Gasteiger partial charge in [0.2, 0.25) is 0 Å². The molecule has 2 rings (SSSR count). The SMILES string of the molecule is COc1ccc(C(NN)c2cccc(Br)c2F)cc1F. The van der Waals surface area contributed by atoms with Crippen LogP contribution >= 0.6 is 15.9 Å². The van der Waals surface area contributed by atoms with E-state index in [4.69, 9.17) is 10.6 Å². The first kappa shape index (κ1) is 14.9. The molecule has 1 unspecified atom stereocenters. The minimum atomic E-state index is -0.659. The van der Waals surface area contributed by atoms with Crippen molar-refractivity contribution < 1.29 is 13.5 Å². The van der Waals surface area contributed by atoms with E-state index in [9.17, 15) is 8.78 Å². The fourth-order valence-electron chi connectivity index (χ4n) is 1.97. The lowest BCUT2D eigenvalue weighted by Crippen LogP contribution is -2.29. The van der Waals surface area contributed by atoms with Gasteiger partial charge in [-0.3, -0.25) is 5.84 Å². The van der Waals surface area contributed by atoms with Crippen LogP contribution in [0.1, 0.15) is 17.2 Å². The summed E-state index contributed by atoms with van der Waals surface area (Å²) in [6.07, 6.45) is 0. The van der Waals surface area contributed by atoms with Crippen molar-refractivity contribution >= 4 is 15.9 Å². The second kappa shape index (κ2) is 6.30. The van der Waals surface area contributed by atoms with Gasteiger partial charge in [-0.2, -0.15) is 0 Å². The van der Waals surface area contributed by atoms with E-state index in [1.165, 1.54) is 19.2 Å². The molecule has 0 fully saturated rings. The molecule has 0 bridgehead atoms. The molecule has 0 heterocycles. The van der Waals surface area contributed by atoms with Gasteiger partial charge in [-0.1, -0.05) is 18.2 Å². The van der Waals surface area contributed by atoms with E-state index in [0.29, 0.717) is 15.6 Å². The third-order valence-corrected chi connectivity index (χ3v) is 3.58. The third kappa shape index (κ3) is 2.82. The first-order valence-corrected chi connectivity index (χ1v) is 6.61. The van der Waals surface area contributed by atoms with Crippen LogP contribution in [0.25, 0.3) is 0 Å².